The van der Waals surface area contributed by atoms with Crippen LogP contribution in [-0.2, 0) is 14.3 Å². The smallest absolute Gasteiger partial charge is 0.347 e. The van der Waals surface area contributed by atoms with Crippen LogP contribution in [0.5, 0.6) is 5.75 Å². The molecule has 0 unspecified atom stereocenters. The molecule has 0 aliphatic heterocycles. The fourth-order valence-electron chi connectivity index (χ4n) is 1.46. The number of hydrogen-bond donors (Lipinski definition) is 2. The van der Waals surface area contributed by atoms with Crippen LogP contribution in [-0.4, -0.2) is 37.2 Å². The summed E-state index contributed by atoms with van der Waals surface area (Å²) in [4.78, 5) is 34.3. The molecule has 0 spiro atoms. The third-order valence-corrected chi connectivity index (χ3v) is 2.59. The molecule has 1 atom stereocenters. The Labute approximate surface area is 133 Å². The number of benzene rings is 1. The molecule has 0 aliphatic rings. The number of imide groups is 1. The Morgan fingerprint density at radius 3 is 2.48 bits per heavy atom. The minimum absolute atomic E-state index is 0.291. The van der Waals surface area contributed by atoms with Crippen molar-refractivity contribution in [1.29, 1.82) is 0 Å². The van der Waals surface area contributed by atoms with Gasteiger partial charge in [-0.2, -0.15) is 0 Å². The first-order valence-corrected chi connectivity index (χ1v) is 7.09. The highest BCUT2D eigenvalue weighted by atomic mass is 19.1. The van der Waals surface area contributed by atoms with Crippen LogP contribution in [0.15, 0.2) is 24.3 Å². The SMILES string of the molecule is CCCNC(=O)NC(=O)COC(=O)[C@H](C)Oc1ccc(F)cc1. The van der Waals surface area contributed by atoms with Crippen LogP contribution in [0.25, 0.3) is 0 Å². The van der Waals surface area contributed by atoms with E-state index in [0.29, 0.717) is 12.3 Å². The summed E-state index contributed by atoms with van der Waals surface area (Å²) in [5.41, 5.74) is 0. The molecule has 0 fully saturated rings. The van der Waals surface area contributed by atoms with Gasteiger partial charge in [0.1, 0.15) is 11.6 Å². The fraction of sp³-hybridized carbons (Fsp3) is 0.400. The van der Waals surface area contributed by atoms with Gasteiger partial charge in [0.25, 0.3) is 5.91 Å². The number of carbonyl (C=O) groups is 3. The van der Waals surface area contributed by atoms with E-state index in [1.807, 2.05) is 12.2 Å². The summed E-state index contributed by atoms with van der Waals surface area (Å²) in [6, 6.07) is 4.46. The zero-order valence-corrected chi connectivity index (χ0v) is 12.9. The van der Waals surface area contributed by atoms with E-state index in [1.165, 1.54) is 31.2 Å². The molecule has 8 heteroatoms. The number of hydrogen-bond acceptors (Lipinski definition) is 5. The first-order valence-electron chi connectivity index (χ1n) is 7.09. The second kappa shape index (κ2) is 9.39. The molecule has 23 heavy (non-hydrogen) atoms. The summed E-state index contributed by atoms with van der Waals surface area (Å²) >= 11 is 0. The molecule has 1 aromatic carbocycles. The molecule has 1 rings (SSSR count). The topological polar surface area (TPSA) is 93.7 Å². The van der Waals surface area contributed by atoms with E-state index < -0.39 is 36.4 Å². The van der Waals surface area contributed by atoms with E-state index in [-0.39, 0.29) is 0 Å². The van der Waals surface area contributed by atoms with Gasteiger partial charge < -0.3 is 14.8 Å². The van der Waals surface area contributed by atoms with Gasteiger partial charge in [-0.3, -0.25) is 10.1 Å². The Bertz CT molecular complexity index is 547. The second-order valence-corrected chi connectivity index (χ2v) is 4.63. The summed E-state index contributed by atoms with van der Waals surface area (Å²) in [7, 11) is 0. The molecule has 0 bridgehead atoms. The van der Waals surface area contributed by atoms with Crippen LogP contribution in [0.2, 0.25) is 0 Å². The quantitative estimate of drug-likeness (QED) is 0.738. The lowest BCUT2D eigenvalue weighted by Crippen LogP contribution is -2.42. The molecule has 0 heterocycles. The first kappa shape index (κ1) is 18.4. The molecule has 0 saturated carbocycles. The molecule has 1 aromatic rings. The van der Waals surface area contributed by atoms with Gasteiger partial charge in [0.05, 0.1) is 0 Å². The minimum Gasteiger partial charge on any atom is -0.479 e. The normalized spacial score (nSPS) is 11.3. The van der Waals surface area contributed by atoms with Gasteiger partial charge in [0.15, 0.2) is 12.7 Å². The lowest BCUT2D eigenvalue weighted by Gasteiger charge is -2.13. The predicted molar refractivity (Wildman–Crippen MR) is 79.3 cm³/mol. The monoisotopic (exact) mass is 326 g/mol. The van der Waals surface area contributed by atoms with Crippen LogP contribution >= 0.6 is 0 Å². The Morgan fingerprint density at radius 2 is 1.87 bits per heavy atom. The van der Waals surface area contributed by atoms with E-state index in [1.54, 1.807) is 0 Å². The average molecular weight is 326 g/mol. The fourth-order valence-corrected chi connectivity index (χ4v) is 1.46. The third-order valence-electron chi connectivity index (χ3n) is 2.59. The number of ether oxygens (including phenoxy) is 2. The number of esters is 1. The highest BCUT2D eigenvalue weighted by molar-refractivity contribution is 5.95. The summed E-state index contributed by atoms with van der Waals surface area (Å²) in [5, 5.41) is 4.46. The van der Waals surface area contributed by atoms with Crippen molar-refractivity contribution in [3.63, 3.8) is 0 Å². The van der Waals surface area contributed by atoms with Crippen molar-refractivity contribution in [2.45, 2.75) is 26.4 Å². The van der Waals surface area contributed by atoms with Crippen LogP contribution < -0.4 is 15.4 Å². The summed E-state index contributed by atoms with van der Waals surface area (Å²) in [6.45, 7) is 3.13. The van der Waals surface area contributed by atoms with Crippen LogP contribution in [0.3, 0.4) is 0 Å². The number of halogens is 1. The Kier molecular flexibility index (Phi) is 7.52. The maximum atomic E-state index is 12.7. The Hall–Kier alpha value is -2.64. The van der Waals surface area contributed by atoms with Crippen LogP contribution in [0.1, 0.15) is 20.3 Å². The molecule has 3 amide bonds. The molecule has 7 nitrogen and oxygen atoms in total. The van der Waals surface area contributed by atoms with E-state index >= 15 is 0 Å². The van der Waals surface area contributed by atoms with Crippen molar-refractivity contribution < 1.29 is 28.2 Å². The average Bonchev–Trinajstić information content (AvgIpc) is 2.52. The molecule has 0 aromatic heterocycles. The van der Waals surface area contributed by atoms with E-state index in [9.17, 15) is 18.8 Å². The van der Waals surface area contributed by atoms with Crippen molar-refractivity contribution in [1.82, 2.24) is 10.6 Å². The van der Waals surface area contributed by atoms with Gasteiger partial charge in [0, 0.05) is 6.54 Å². The lowest BCUT2D eigenvalue weighted by atomic mass is 10.3. The molecular formula is C15H19FN2O5. The molecule has 0 aliphatic carbocycles. The first-order chi connectivity index (χ1) is 10.9. The van der Waals surface area contributed by atoms with Gasteiger partial charge in [-0.1, -0.05) is 6.92 Å². The maximum absolute atomic E-state index is 12.7. The van der Waals surface area contributed by atoms with Crippen molar-refractivity contribution in [3.05, 3.63) is 30.1 Å². The largest absolute Gasteiger partial charge is 0.479 e. The highest BCUT2D eigenvalue weighted by Crippen LogP contribution is 2.13. The van der Waals surface area contributed by atoms with Crippen molar-refractivity contribution in [2.75, 3.05) is 13.2 Å². The van der Waals surface area contributed by atoms with E-state index in [4.69, 9.17) is 9.47 Å². The van der Waals surface area contributed by atoms with Gasteiger partial charge in [0.2, 0.25) is 0 Å². The van der Waals surface area contributed by atoms with E-state index in [0.717, 1.165) is 6.42 Å². The maximum Gasteiger partial charge on any atom is 0.347 e. The van der Waals surface area contributed by atoms with Gasteiger partial charge >= 0.3 is 12.0 Å². The lowest BCUT2D eigenvalue weighted by molar-refractivity contribution is -0.154. The number of rotatable bonds is 7. The third kappa shape index (κ3) is 7.25. The van der Waals surface area contributed by atoms with Crippen molar-refractivity contribution in [3.8, 4) is 5.75 Å². The summed E-state index contributed by atoms with van der Waals surface area (Å²) in [6.07, 6.45) is -0.253. The van der Waals surface area contributed by atoms with Crippen LogP contribution in [0.4, 0.5) is 9.18 Å². The Balaban J connectivity index is 2.33. The van der Waals surface area contributed by atoms with Crippen LogP contribution in [0, 0.1) is 5.82 Å². The molecule has 126 valence electrons. The van der Waals surface area contributed by atoms with Gasteiger partial charge in [-0.05, 0) is 37.6 Å². The predicted octanol–water partition coefficient (Wildman–Crippen LogP) is 1.37. The number of amides is 3. The zero-order valence-electron chi connectivity index (χ0n) is 12.9. The number of carbonyl (C=O) groups excluding carboxylic acids is 3. The second-order valence-electron chi connectivity index (χ2n) is 4.63. The number of nitrogens with one attached hydrogen (secondary N) is 2. The summed E-state index contributed by atoms with van der Waals surface area (Å²) < 4.78 is 22.7. The molecule has 0 saturated heterocycles. The van der Waals surface area contributed by atoms with Crippen molar-refractivity contribution >= 4 is 17.9 Å². The molecule has 2 N–H and O–H groups in total. The highest BCUT2D eigenvalue weighted by Gasteiger charge is 2.18. The van der Waals surface area contributed by atoms with E-state index in [2.05, 4.69) is 5.32 Å². The number of urea groups is 1. The molecule has 0 radical (unpaired) electrons. The van der Waals surface area contributed by atoms with Crippen molar-refractivity contribution in [2.24, 2.45) is 0 Å². The van der Waals surface area contributed by atoms with Gasteiger partial charge in [-0.25, -0.2) is 14.0 Å². The molecular weight excluding hydrogens is 307 g/mol. The van der Waals surface area contributed by atoms with Gasteiger partial charge in [-0.15, -0.1) is 0 Å². The minimum atomic E-state index is -0.984. The summed E-state index contributed by atoms with van der Waals surface area (Å²) in [5.74, 6) is -1.66. The standard InChI is InChI=1S/C15H19FN2O5/c1-3-8-17-15(21)18-13(19)9-22-14(20)10(2)23-12-6-4-11(16)5-7-12/h4-7,10H,3,8-9H2,1-2H3,(H2,17,18,19,21)/t10-/m0/s1. The zero-order chi connectivity index (χ0) is 17.2. The Morgan fingerprint density at radius 1 is 1.22 bits per heavy atom.